The molecule has 1 aliphatic carbocycles. The van der Waals surface area contributed by atoms with Gasteiger partial charge in [-0.15, -0.1) is 0 Å². The zero-order valence-electron chi connectivity index (χ0n) is 11.8. The molecule has 0 bridgehead atoms. The summed E-state index contributed by atoms with van der Waals surface area (Å²) >= 11 is 0. The largest absolute Gasteiger partial charge is 0.351 e. The number of nitrogens with zero attached hydrogens (tertiary/aromatic N) is 2. The van der Waals surface area contributed by atoms with Crippen LogP contribution < -0.4 is 10.9 Å². The highest BCUT2D eigenvalue weighted by Crippen LogP contribution is 2.37. The van der Waals surface area contributed by atoms with Crippen molar-refractivity contribution in [3.63, 3.8) is 0 Å². The van der Waals surface area contributed by atoms with Gasteiger partial charge in [-0.05, 0) is 19.8 Å². The van der Waals surface area contributed by atoms with Crippen molar-refractivity contribution in [1.29, 1.82) is 0 Å². The normalized spacial score (nSPS) is 14.1. The molecule has 7 nitrogen and oxygen atoms in total. The van der Waals surface area contributed by atoms with Crippen molar-refractivity contribution in [3.05, 3.63) is 45.7 Å². The molecule has 1 fully saturated rings. The van der Waals surface area contributed by atoms with Crippen LogP contribution in [0.25, 0.3) is 0 Å². The molecule has 1 amide bonds. The molecule has 1 aliphatic rings. The van der Waals surface area contributed by atoms with Gasteiger partial charge >= 0.3 is 0 Å². The van der Waals surface area contributed by atoms with Crippen LogP contribution in [0, 0.1) is 6.92 Å². The van der Waals surface area contributed by atoms with Crippen LogP contribution in [0.2, 0.25) is 0 Å². The Bertz CT molecular complexity index is 701. The molecule has 3 rings (SSSR count). The number of rotatable bonds is 5. The van der Waals surface area contributed by atoms with E-state index in [-0.39, 0.29) is 11.1 Å². The van der Waals surface area contributed by atoms with Crippen LogP contribution in [0.1, 0.15) is 46.5 Å². The lowest BCUT2D eigenvalue weighted by atomic mass is 10.2. The van der Waals surface area contributed by atoms with Gasteiger partial charge in [-0.3, -0.25) is 9.59 Å². The zero-order chi connectivity index (χ0) is 14.8. The Hall–Kier alpha value is -2.44. The summed E-state index contributed by atoms with van der Waals surface area (Å²) in [6, 6.07) is 0. The first kappa shape index (κ1) is 13.5. The van der Waals surface area contributed by atoms with Gasteiger partial charge in [0, 0.05) is 31.3 Å². The van der Waals surface area contributed by atoms with Gasteiger partial charge in [0.25, 0.3) is 11.5 Å². The maximum Gasteiger partial charge on any atom is 0.264 e. The molecular formula is C14H17N5O2. The van der Waals surface area contributed by atoms with Crippen molar-refractivity contribution in [3.8, 4) is 0 Å². The average Bonchev–Trinajstić information content (AvgIpc) is 3.16. The predicted molar refractivity (Wildman–Crippen MR) is 76.2 cm³/mol. The van der Waals surface area contributed by atoms with E-state index in [0.29, 0.717) is 30.4 Å². The Balaban J connectivity index is 1.67. The van der Waals surface area contributed by atoms with Crippen molar-refractivity contribution >= 4 is 5.91 Å². The van der Waals surface area contributed by atoms with Gasteiger partial charge in [0.05, 0.1) is 5.69 Å². The number of imidazole rings is 1. The fourth-order valence-corrected chi connectivity index (χ4v) is 2.24. The monoisotopic (exact) mass is 287 g/mol. The summed E-state index contributed by atoms with van der Waals surface area (Å²) in [7, 11) is 0. The number of nitrogens with one attached hydrogen (secondary N) is 3. The number of H-pyrrole nitrogens is 2. The van der Waals surface area contributed by atoms with E-state index < -0.39 is 5.91 Å². The molecule has 0 saturated heterocycles. The lowest BCUT2D eigenvalue weighted by molar-refractivity contribution is 0.0951. The molecular weight excluding hydrogens is 270 g/mol. The molecule has 2 heterocycles. The minimum atomic E-state index is -0.393. The van der Waals surface area contributed by atoms with E-state index in [2.05, 4.69) is 25.3 Å². The van der Waals surface area contributed by atoms with Crippen LogP contribution in [0.15, 0.2) is 17.2 Å². The first-order chi connectivity index (χ1) is 10.1. The zero-order valence-corrected chi connectivity index (χ0v) is 11.8. The summed E-state index contributed by atoms with van der Waals surface area (Å²) in [6.07, 6.45) is 6.08. The van der Waals surface area contributed by atoms with E-state index in [1.807, 2.05) is 0 Å². The van der Waals surface area contributed by atoms with Crippen LogP contribution >= 0.6 is 0 Å². The van der Waals surface area contributed by atoms with Crippen LogP contribution in [-0.4, -0.2) is 32.4 Å². The van der Waals surface area contributed by atoms with Gasteiger partial charge < -0.3 is 15.3 Å². The summed E-state index contributed by atoms with van der Waals surface area (Å²) in [5.74, 6) is 1.45. The SMILES string of the molecule is Cc1nc(C2CC2)[nH]c(=O)c1C(=O)NCCc1ncc[nH]1. The highest BCUT2D eigenvalue weighted by atomic mass is 16.2. The molecule has 0 aromatic carbocycles. The van der Waals surface area contributed by atoms with E-state index in [4.69, 9.17) is 0 Å². The van der Waals surface area contributed by atoms with E-state index in [1.165, 1.54) is 0 Å². The van der Waals surface area contributed by atoms with Gasteiger partial charge in [0.1, 0.15) is 17.2 Å². The number of carbonyl (C=O) groups is 1. The topological polar surface area (TPSA) is 104 Å². The highest BCUT2D eigenvalue weighted by molar-refractivity contribution is 5.94. The van der Waals surface area contributed by atoms with Gasteiger partial charge in [0.2, 0.25) is 0 Å². The molecule has 2 aromatic rings. The summed E-state index contributed by atoms with van der Waals surface area (Å²) < 4.78 is 0. The number of hydrogen-bond donors (Lipinski definition) is 3. The fraction of sp³-hybridized carbons (Fsp3) is 0.429. The third-order valence-electron chi connectivity index (χ3n) is 3.51. The minimum absolute atomic E-state index is 0.0962. The average molecular weight is 287 g/mol. The second-order valence-corrected chi connectivity index (χ2v) is 5.23. The van der Waals surface area contributed by atoms with Gasteiger partial charge in [0.15, 0.2) is 0 Å². The molecule has 110 valence electrons. The van der Waals surface area contributed by atoms with Crippen molar-refractivity contribution in [2.45, 2.75) is 32.1 Å². The second kappa shape index (κ2) is 5.51. The Labute approximate surface area is 121 Å². The third kappa shape index (κ3) is 3.01. The molecule has 3 N–H and O–H groups in total. The number of amides is 1. The fourth-order valence-electron chi connectivity index (χ4n) is 2.24. The molecule has 0 radical (unpaired) electrons. The number of aryl methyl sites for hydroxylation is 1. The molecule has 0 spiro atoms. The molecule has 1 saturated carbocycles. The van der Waals surface area contributed by atoms with Gasteiger partial charge in [-0.2, -0.15) is 0 Å². The summed E-state index contributed by atoms with van der Waals surface area (Å²) in [5.41, 5.74) is 0.217. The number of aromatic nitrogens is 4. The number of carbonyl (C=O) groups excluding carboxylic acids is 1. The Morgan fingerprint density at radius 1 is 1.48 bits per heavy atom. The van der Waals surface area contributed by atoms with Crippen LogP contribution in [0.5, 0.6) is 0 Å². The van der Waals surface area contributed by atoms with Crippen molar-refractivity contribution < 1.29 is 4.79 Å². The molecule has 2 aromatic heterocycles. The number of aromatic amines is 2. The summed E-state index contributed by atoms with van der Waals surface area (Å²) in [5, 5.41) is 2.72. The van der Waals surface area contributed by atoms with E-state index in [9.17, 15) is 9.59 Å². The van der Waals surface area contributed by atoms with Crippen molar-refractivity contribution in [1.82, 2.24) is 25.3 Å². The molecule has 7 heteroatoms. The van der Waals surface area contributed by atoms with Crippen molar-refractivity contribution in [2.75, 3.05) is 6.54 Å². The highest BCUT2D eigenvalue weighted by Gasteiger charge is 2.27. The molecule has 0 unspecified atom stereocenters. The van der Waals surface area contributed by atoms with E-state index >= 15 is 0 Å². The van der Waals surface area contributed by atoms with Crippen molar-refractivity contribution in [2.24, 2.45) is 0 Å². The molecule has 0 atom stereocenters. The Morgan fingerprint density at radius 3 is 2.90 bits per heavy atom. The maximum atomic E-state index is 12.1. The lowest BCUT2D eigenvalue weighted by Gasteiger charge is -2.07. The van der Waals surface area contributed by atoms with Gasteiger partial charge in [-0.25, -0.2) is 9.97 Å². The quantitative estimate of drug-likeness (QED) is 0.751. The third-order valence-corrected chi connectivity index (χ3v) is 3.51. The van der Waals surface area contributed by atoms with Crippen LogP contribution in [0.3, 0.4) is 0 Å². The number of hydrogen-bond acceptors (Lipinski definition) is 4. The maximum absolute atomic E-state index is 12.1. The standard InChI is InChI=1S/C14H17N5O2/c1-8-11(14(21)19-12(18-8)9-2-3-9)13(20)17-5-4-10-15-6-7-16-10/h6-7,9H,2-5H2,1H3,(H,15,16)(H,17,20)(H,18,19,21). The first-order valence-electron chi connectivity index (χ1n) is 7.02. The smallest absolute Gasteiger partial charge is 0.264 e. The van der Waals surface area contributed by atoms with E-state index in [0.717, 1.165) is 18.7 Å². The van der Waals surface area contributed by atoms with Gasteiger partial charge in [-0.1, -0.05) is 0 Å². The minimum Gasteiger partial charge on any atom is -0.351 e. The predicted octanol–water partition coefficient (Wildman–Crippen LogP) is 0.651. The Kier molecular flexibility index (Phi) is 3.55. The van der Waals surface area contributed by atoms with Crippen LogP contribution in [0.4, 0.5) is 0 Å². The second-order valence-electron chi connectivity index (χ2n) is 5.23. The summed E-state index contributed by atoms with van der Waals surface area (Å²) in [6.45, 7) is 2.11. The van der Waals surface area contributed by atoms with Crippen LogP contribution in [-0.2, 0) is 6.42 Å². The first-order valence-corrected chi connectivity index (χ1v) is 7.02. The van der Waals surface area contributed by atoms with E-state index in [1.54, 1.807) is 19.3 Å². The Morgan fingerprint density at radius 2 is 2.29 bits per heavy atom. The summed E-state index contributed by atoms with van der Waals surface area (Å²) in [4.78, 5) is 38.2. The molecule has 0 aliphatic heterocycles. The lowest BCUT2D eigenvalue weighted by Crippen LogP contribution is -2.33. The molecule has 21 heavy (non-hydrogen) atoms.